The van der Waals surface area contributed by atoms with Crippen LogP contribution in [-0.4, -0.2) is 15.7 Å². The molecule has 0 radical (unpaired) electrons. The minimum atomic E-state index is 0.00322. The first-order valence-corrected chi connectivity index (χ1v) is 14.9. The van der Waals surface area contributed by atoms with E-state index >= 15 is 0 Å². The number of unbranched alkanes of at least 4 members (excludes halogenated alkanes) is 13. The fourth-order valence-corrected chi connectivity index (χ4v) is 5.33. The van der Waals surface area contributed by atoms with Crippen molar-refractivity contribution in [1.29, 1.82) is 0 Å². The maximum atomic E-state index is 6.54. The Morgan fingerprint density at radius 1 is 0.567 bits per heavy atom. The zero-order valence-corrected chi connectivity index (χ0v) is 22.7. The molecule has 0 aromatic carbocycles. The summed E-state index contributed by atoms with van der Waals surface area (Å²) in [7, 11) is 0. The predicted octanol–water partition coefficient (Wildman–Crippen LogP) is 10.6. The highest BCUT2D eigenvalue weighted by Gasteiger charge is 2.31. The lowest BCUT2D eigenvalue weighted by Gasteiger charge is -2.35. The molecular weight excluding hydrogens is 404 g/mol. The van der Waals surface area contributed by atoms with Gasteiger partial charge in [0.25, 0.3) is 0 Å². The van der Waals surface area contributed by atoms with Crippen molar-refractivity contribution in [2.75, 3.05) is 5.75 Å². The number of thiocarbonyl (C=S) groups is 1. The molecule has 0 aliphatic carbocycles. The third kappa shape index (κ3) is 17.9. The first-order valence-electron chi connectivity index (χ1n) is 13.5. The molecule has 0 saturated heterocycles. The fourth-order valence-electron chi connectivity index (χ4n) is 4.15. The van der Waals surface area contributed by atoms with Crippen molar-refractivity contribution in [3.05, 3.63) is 0 Å². The first-order chi connectivity index (χ1) is 14.6. The molecule has 0 unspecified atom stereocenters. The normalized spacial score (nSPS) is 11.7. The lowest BCUT2D eigenvalue weighted by Crippen LogP contribution is -2.34. The number of rotatable bonds is 22. The van der Waals surface area contributed by atoms with Crippen molar-refractivity contribution in [1.82, 2.24) is 0 Å². The van der Waals surface area contributed by atoms with Gasteiger partial charge in [-0.3, -0.25) is 0 Å². The molecular formula is C27H54OS2. The number of ether oxygens (including phenoxy) is 1. The summed E-state index contributed by atoms with van der Waals surface area (Å²) in [6.45, 7) is 9.14. The summed E-state index contributed by atoms with van der Waals surface area (Å²) < 4.78 is 7.35. The molecule has 0 fully saturated rings. The highest BCUT2D eigenvalue weighted by Crippen LogP contribution is 2.33. The van der Waals surface area contributed by atoms with E-state index in [-0.39, 0.29) is 5.60 Å². The molecule has 0 spiro atoms. The molecule has 0 saturated carbocycles. The zero-order chi connectivity index (χ0) is 22.3. The van der Waals surface area contributed by atoms with E-state index in [0.717, 1.165) is 10.1 Å². The molecule has 0 aliphatic heterocycles. The van der Waals surface area contributed by atoms with Crippen LogP contribution in [0.2, 0.25) is 0 Å². The zero-order valence-electron chi connectivity index (χ0n) is 21.1. The second kappa shape index (κ2) is 22.4. The number of hydrogen-bond donors (Lipinski definition) is 0. The molecule has 0 amide bonds. The molecule has 0 heterocycles. The van der Waals surface area contributed by atoms with Crippen molar-refractivity contribution in [3.63, 3.8) is 0 Å². The van der Waals surface area contributed by atoms with Crippen molar-refractivity contribution in [3.8, 4) is 0 Å². The summed E-state index contributed by atoms with van der Waals surface area (Å²) >= 11 is 7.47. The van der Waals surface area contributed by atoms with Gasteiger partial charge in [-0.05, 0) is 57.2 Å². The summed E-state index contributed by atoms with van der Waals surface area (Å²) in [5, 5.41) is 0. The molecule has 1 nitrogen and oxygen atoms in total. The van der Waals surface area contributed by atoms with Crippen LogP contribution in [0, 0.1) is 0 Å². The van der Waals surface area contributed by atoms with Gasteiger partial charge in [0.05, 0.1) is 0 Å². The van der Waals surface area contributed by atoms with Gasteiger partial charge in [0.15, 0.2) is 0 Å². The van der Waals surface area contributed by atoms with E-state index in [1.807, 2.05) is 0 Å². The van der Waals surface area contributed by atoms with Gasteiger partial charge < -0.3 is 4.74 Å². The molecule has 0 rings (SSSR count). The summed E-state index contributed by atoms with van der Waals surface area (Å²) in [5.74, 6) is 1.13. The van der Waals surface area contributed by atoms with Crippen LogP contribution in [0.3, 0.4) is 0 Å². The molecule has 0 aromatic heterocycles. The number of thioether (sulfide) groups is 1. The number of hydrogen-bond acceptors (Lipinski definition) is 3. The minimum absolute atomic E-state index is 0.00322. The highest BCUT2D eigenvalue weighted by molar-refractivity contribution is 8.22. The fraction of sp³-hybridized carbons (Fsp3) is 0.963. The maximum absolute atomic E-state index is 6.54. The summed E-state index contributed by atoms with van der Waals surface area (Å²) in [6.07, 6.45) is 26.3. The third-order valence-electron chi connectivity index (χ3n) is 6.23. The van der Waals surface area contributed by atoms with Crippen LogP contribution < -0.4 is 0 Å². The molecule has 180 valence electrons. The van der Waals surface area contributed by atoms with Crippen molar-refractivity contribution in [2.24, 2.45) is 0 Å². The quantitative estimate of drug-likeness (QED) is 0.118. The van der Waals surface area contributed by atoms with Crippen molar-refractivity contribution < 1.29 is 4.74 Å². The predicted molar refractivity (Wildman–Crippen MR) is 144 cm³/mol. The lowest BCUT2D eigenvalue weighted by atomic mass is 9.86. The molecule has 0 aliphatic rings. The topological polar surface area (TPSA) is 9.23 Å². The van der Waals surface area contributed by atoms with E-state index in [1.165, 1.54) is 128 Å². The van der Waals surface area contributed by atoms with E-state index in [9.17, 15) is 0 Å². The molecule has 0 N–H and O–H groups in total. The van der Waals surface area contributed by atoms with Crippen LogP contribution in [0.15, 0.2) is 0 Å². The van der Waals surface area contributed by atoms with Gasteiger partial charge in [-0.15, -0.1) is 0 Å². The summed E-state index contributed by atoms with van der Waals surface area (Å²) in [6, 6.07) is 0. The molecule has 0 bridgehead atoms. The van der Waals surface area contributed by atoms with Crippen LogP contribution in [0.5, 0.6) is 0 Å². The van der Waals surface area contributed by atoms with E-state index in [2.05, 4.69) is 27.7 Å². The van der Waals surface area contributed by atoms with Crippen LogP contribution >= 0.6 is 24.0 Å². The Kier molecular flexibility index (Phi) is 22.6. The Morgan fingerprint density at radius 3 is 1.33 bits per heavy atom. The SMILES string of the molecule is CCCCCCCCCCCCCSC(=S)OC(CCCC)(CCCC)CCCC. The average Bonchev–Trinajstić information content (AvgIpc) is 2.75. The van der Waals surface area contributed by atoms with Crippen LogP contribution in [0.4, 0.5) is 0 Å². The van der Waals surface area contributed by atoms with Crippen LogP contribution in [-0.2, 0) is 4.74 Å². The van der Waals surface area contributed by atoms with E-state index < -0.39 is 0 Å². The van der Waals surface area contributed by atoms with Gasteiger partial charge in [0, 0.05) is 5.75 Å². The van der Waals surface area contributed by atoms with Crippen LogP contribution in [0.25, 0.3) is 0 Å². The Labute approximate surface area is 200 Å². The standard InChI is InChI=1S/C27H54OS2/c1-5-9-13-14-15-16-17-18-19-20-21-25-30-26(29)28-27(22-10-6-2,23-11-7-3)24-12-8-4/h5-25H2,1-4H3. The Bertz CT molecular complexity index is 348. The van der Waals surface area contributed by atoms with Gasteiger partial charge in [0.2, 0.25) is 4.38 Å². The van der Waals surface area contributed by atoms with Gasteiger partial charge in [-0.25, -0.2) is 0 Å². The molecule has 0 aromatic rings. The van der Waals surface area contributed by atoms with E-state index in [4.69, 9.17) is 17.0 Å². The van der Waals surface area contributed by atoms with Crippen LogP contribution in [0.1, 0.15) is 156 Å². The lowest BCUT2D eigenvalue weighted by molar-refractivity contribution is 0.0300. The van der Waals surface area contributed by atoms with Gasteiger partial charge >= 0.3 is 0 Å². The van der Waals surface area contributed by atoms with Crippen molar-refractivity contribution >= 4 is 28.4 Å². The summed E-state index contributed by atoms with van der Waals surface area (Å²) in [5.41, 5.74) is 0.00322. The average molecular weight is 459 g/mol. The monoisotopic (exact) mass is 458 g/mol. The smallest absolute Gasteiger partial charge is 0.220 e. The summed E-state index contributed by atoms with van der Waals surface area (Å²) in [4.78, 5) is 0. The van der Waals surface area contributed by atoms with E-state index in [1.54, 1.807) is 11.8 Å². The molecule has 3 heteroatoms. The first kappa shape index (κ1) is 30.2. The largest absolute Gasteiger partial charge is 0.472 e. The molecule has 0 atom stereocenters. The maximum Gasteiger partial charge on any atom is 0.220 e. The Morgan fingerprint density at radius 2 is 0.933 bits per heavy atom. The second-order valence-electron chi connectivity index (χ2n) is 9.23. The van der Waals surface area contributed by atoms with Gasteiger partial charge in [-0.1, -0.05) is 123 Å². The van der Waals surface area contributed by atoms with Gasteiger partial charge in [-0.2, -0.15) is 0 Å². The van der Waals surface area contributed by atoms with Gasteiger partial charge in [0.1, 0.15) is 5.60 Å². The molecule has 30 heavy (non-hydrogen) atoms. The Hall–Kier alpha value is 0.240. The van der Waals surface area contributed by atoms with E-state index in [0.29, 0.717) is 0 Å². The third-order valence-corrected chi connectivity index (χ3v) is 7.47. The van der Waals surface area contributed by atoms with Crippen molar-refractivity contribution in [2.45, 2.75) is 162 Å². The second-order valence-corrected chi connectivity index (χ2v) is 10.9. The Balaban J connectivity index is 4.01. The minimum Gasteiger partial charge on any atom is -0.472 e. The highest BCUT2D eigenvalue weighted by atomic mass is 32.2.